The van der Waals surface area contributed by atoms with Gasteiger partial charge in [-0.2, -0.15) is 0 Å². The van der Waals surface area contributed by atoms with Crippen LogP contribution in [-0.2, 0) is 0 Å². The van der Waals surface area contributed by atoms with Crippen molar-refractivity contribution in [2.45, 2.75) is 0 Å². The molecule has 2 aromatic carbocycles. The van der Waals surface area contributed by atoms with Crippen molar-refractivity contribution in [3.05, 3.63) is 58.9 Å². The Morgan fingerprint density at radius 3 is 2.68 bits per heavy atom. The highest BCUT2D eigenvalue weighted by Gasteiger charge is 2.12. The molecule has 4 heteroatoms. The third-order valence-electron chi connectivity index (χ3n) is 2.89. The lowest BCUT2D eigenvalue weighted by molar-refractivity contribution is 0.112. The van der Waals surface area contributed by atoms with Crippen LogP contribution in [0, 0.1) is 5.82 Å². The van der Waals surface area contributed by atoms with Crippen LogP contribution in [0.15, 0.2) is 46.9 Å². The molecule has 0 amide bonds. The van der Waals surface area contributed by atoms with E-state index in [2.05, 4.69) is 0 Å². The second-order valence-corrected chi connectivity index (χ2v) is 4.53. The molecule has 0 fully saturated rings. The monoisotopic (exact) mass is 274 g/mol. The number of rotatable bonds is 2. The molecule has 3 aromatic rings. The van der Waals surface area contributed by atoms with E-state index in [9.17, 15) is 9.18 Å². The van der Waals surface area contributed by atoms with Crippen LogP contribution in [0.3, 0.4) is 0 Å². The van der Waals surface area contributed by atoms with E-state index in [-0.39, 0.29) is 5.56 Å². The molecule has 0 saturated carbocycles. The molecule has 19 heavy (non-hydrogen) atoms. The molecule has 0 N–H and O–H groups in total. The minimum atomic E-state index is -0.500. The number of fused-ring (bicyclic) bond motifs is 1. The van der Waals surface area contributed by atoms with Crippen molar-refractivity contribution in [1.82, 2.24) is 0 Å². The smallest absolute Gasteiger partial charge is 0.153 e. The Labute approximate surface area is 113 Å². The van der Waals surface area contributed by atoms with Crippen molar-refractivity contribution in [2.24, 2.45) is 0 Å². The minimum Gasteiger partial charge on any atom is -0.454 e. The minimum absolute atomic E-state index is 0.287. The van der Waals surface area contributed by atoms with Gasteiger partial charge in [-0.15, -0.1) is 0 Å². The summed E-state index contributed by atoms with van der Waals surface area (Å²) < 4.78 is 19.5. The van der Waals surface area contributed by atoms with Crippen LogP contribution in [0.25, 0.3) is 22.3 Å². The summed E-state index contributed by atoms with van der Waals surface area (Å²) in [6, 6.07) is 11.3. The van der Waals surface area contributed by atoms with E-state index in [1.54, 1.807) is 24.3 Å². The molecule has 0 saturated heterocycles. The lowest BCUT2D eigenvalue weighted by Crippen LogP contribution is -1.86. The zero-order valence-corrected chi connectivity index (χ0v) is 10.4. The highest BCUT2D eigenvalue weighted by atomic mass is 35.5. The van der Waals surface area contributed by atoms with Gasteiger partial charge in [-0.25, -0.2) is 4.39 Å². The van der Waals surface area contributed by atoms with Crippen LogP contribution in [0.4, 0.5) is 4.39 Å². The summed E-state index contributed by atoms with van der Waals surface area (Å²) in [6.07, 6.45) is 0.600. The summed E-state index contributed by atoms with van der Waals surface area (Å²) in [7, 11) is 0. The first kappa shape index (κ1) is 11.9. The van der Waals surface area contributed by atoms with Crippen LogP contribution < -0.4 is 0 Å². The van der Waals surface area contributed by atoms with E-state index >= 15 is 0 Å². The number of benzene rings is 2. The van der Waals surface area contributed by atoms with Crippen LogP contribution in [0.5, 0.6) is 0 Å². The Morgan fingerprint density at radius 1 is 1.16 bits per heavy atom. The number of aldehydes is 1. The summed E-state index contributed by atoms with van der Waals surface area (Å²) in [5.74, 6) is -0.113. The van der Waals surface area contributed by atoms with Gasteiger partial charge in [0.2, 0.25) is 0 Å². The number of hydrogen-bond donors (Lipinski definition) is 0. The Kier molecular flexibility index (Phi) is 2.84. The van der Waals surface area contributed by atoms with E-state index in [0.717, 1.165) is 5.39 Å². The van der Waals surface area contributed by atoms with Gasteiger partial charge in [0.15, 0.2) is 5.58 Å². The van der Waals surface area contributed by atoms with Crippen molar-refractivity contribution in [3.63, 3.8) is 0 Å². The molecular weight excluding hydrogens is 267 g/mol. The molecule has 0 radical (unpaired) electrons. The Hall–Kier alpha value is -2.13. The average molecular weight is 275 g/mol. The average Bonchev–Trinajstić information content (AvgIpc) is 2.83. The van der Waals surface area contributed by atoms with Crippen molar-refractivity contribution < 1.29 is 13.6 Å². The fourth-order valence-corrected chi connectivity index (χ4v) is 2.19. The molecular formula is C15H8ClFO2. The molecule has 0 aliphatic heterocycles. The summed E-state index contributed by atoms with van der Waals surface area (Å²) in [5.41, 5.74) is 1.12. The Morgan fingerprint density at radius 2 is 2.00 bits per heavy atom. The van der Waals surface area contributed by atoms with E-state index in [1.807, 2.05) is 6.07 Å². The van der Waals surface area contributed by atoms with Gasteiger partial charge in [0.1, 0.15) is 17.9 Å². The second kappa shape index (κ2) is 4.52. The first-order valence-corrected chi connectivity index (χ1v) is 6.00. The summed E-state index contributed by atoms with van der Waals surface area (Å²) in [5, 5.41) is 1.29. The number of halogens is 2. The van der Waals surface area contributed by atoms with E-state index in [0.29, 0.717) is 28.2 Å². The highest BCUT2D eigenvalue weighted by molar-refractivity contribution is 6.34. The molecule has 0 aliphatic carbocycles. The highest BCUT2D eigenvalue weighted by Crippen LogP contribution is 2.33. The standard InChI is InChI=1S/C15H8ClFO2/c16-12-3-1-2-10-7-14(19-15(10)12)11-5-4-9(8-18)6-13(11)17/h1-8H. The second-order valence-electron chi connectivity index (χ2n) is 4.13. The van der Waals surface area contributed by atoms with Crippen LogP contribution in [0.2, 0.25) is 5.02 Å². The maximum absolute atomic E-state index is 13.9. The molecule has 0 spiro atoms. The van der Waals surface area contributed by atoms with Crippen LogP contribution >= 0.6 is 11.6 Å². The van der Waals surface area contributed by atoms with Gasteiger partial charge < -0.3 is 4.42 Å². The predicted molar refractivity (Wildman–Crippen MR) is 72.0 cm³/mol. The normalized spacial score (nSPS) is 10.8. The first-order valence-electron chi connectivity index (χ1n) is 5.62. The quantitative estimate of drug-likeness (QED) is 0.634. The lowest BCUT2D eigenvalue weighted by Gasteiger charge is -1.99. The molecule has 0 bridgehead atoms. The Balaban J connectivity index is 2.19. The number of hydrogen-bond acceptors (Lipinski definition) is 2. The Bertz CT molecular complexity index is 777. The fourth-order valence-electron chi connectivity index (χ4n) is 1.96. The lowest BCUT2D eigenvalue weighted by atomic mass is 10.1. The van der Waals surface area contributed by atoms with Gasteiger partial charge in [-0.05, 0) is 24.3 Å². The van der Waals surface area contributed by atoms with Crippen LogP contribution in [0.1, 0.15) is 10.4 Å². The zero-order chi connectivity index (χ0) is 13.4. The molecule has 1 heterocycles. The van der Waals surface area contributed by atoms with Crippen molar-refractivity contribution in [1.29, 1.82) is 0 Å². The van der Waals surface area contributed by atoms with Gasteiger partial charge in [0, 0.05) is 10.9 Å². The van der Waals surface area contributed by atoms with E-state index in [1.165, 1.54) is 12.1 Å². The third-order valence-corrected chi connectivity index (χ3v) is 3.19. The summed E-state index contributed by atoms with van der Waals surface area (Å²) in [4.78, 5) is 10.6. The molecule has 0 aliphatic rings. The molecule has 2 nitrogen and oxygen atoms in total. The maximum Gasteiger partial charge on any atom is 0.153 e. The summed E-state index contributed by atoms with van der Waals surface area (Å²) >= 11 is 6.01. The number of carbonyl (C=O) groups is 1. The molecule has 94 valence electrons. The van der Waals surface area contributed by atoms with E-state index < -0.39 is 5.82 Å². The van der Waals surface area contributed by atoms with Gasteiger partial charge in [0.25, 0.3) is 0 Å². The van der Waals surface area contributed by atoms with Gasteiger partial charge in [-0.1, -0.05) is 29.8 Å². The number of para-hydroxylation sites is 1. The SMILES string of the molecule is O=Cc1ccc(-c2cc3cccc(Cl)c3o2)c(F)c1. The van der Waals surface area contributed by atoms with Crippen LogP contribution in [-0.4, -0.2) is 6.29 Å². The molecule has 0 atom stereocenters. The van der Waals surface area contributed by atoms with Crippen molar-refractivity contribution >= 4 is 28.9 Å². The molecule has 3 rings (SSSR count). The number of carbonyl (C=O) groups excluding carboxylic acids is 1. The predicted octanol–water partition coefficient (Wildman–Crippen LogP) is 4.70. The van der Waals surface area contributed by atoms with Gasteiger partial charge in [-0.3, -0.25) is 4.79 Å². The molecule has 1 aromatic heterocycles. The maximum atomic E-state index is 13.9. The van der Waals surface area contributed by atoms with Crippen molar-refractivity contribution in [2.75, 3.05) is 0 Å². The topological polar surface area (TPSA) is 30.2 Å². The summed E-state index contributed by atoms with van der Waals surface area (Å²) in [6.45, 7) is 0. The molecule has 0 unspecified atom stereocenters. The van der Waals surface area contributed by atoms with Gasteiger partial charge in [0.05, 0.1) is 10.6 Å². The fraction of sp³-hybridized carbons (Fsp3) is 0. The third kappa shape index (κ3) is 2.02. The first-order chi connectivity index (χ1) is 9.19. The van der Waals surface area contributed by atoms with Gasteiger partial charge >= 0.3 is 0 Å². The van der Waals surface area contributed by atoms with Crippen molar-refractivity contribution in [3.8, 4) is 11.3 Å². The van der Waals surface area contributed by atoms with E-state index in [4.69, 9.17) is 16.0 Å². The number of furan rings is 1. The zero-order valence-electron chi connectivity index (χ0n) is 9.69. The largest absolute Gasteiger partial charge is 0.454 e.